The first-order valence-electron chi connectivity index (χ1n) is 10.4. The van der Waals surface area contributed by atoms with Gasteiger partial charge >= 0.3 is 0 Å². The van der Waals surface area contributed by atoms with Gasteiger partial charge in [-0.25, -0.2) is 0 Å². The summed E-state index contributed by atoms with van der Waals surface area (Å²) in [6.45, 7) is 0. The van der Waals surface area contributed by atoms with Crippen LogP contribution in [0.5, 0.6) is 0 Å². The van der Waals surface area contributed by atoms with Gasteiger partial charge in [0, 0.05) is 7.11 Å². The highest BCUT2D eigenvalue weighted by Gasteiger charge is 2.24. The van der Waals surface area contributed by atoms with Crippen LogP contribution in [0.3, 0.4) is 0 Å². The first kappa shape index (κ1) is 22.5. The zero-order valence-electron chi connectivity index (χ0n) is 17.0. The molecule has 1 saturated carbocycles. The summed E-state index contributed by atoms with van der Waals surface area (Å²) in [4.78, 5) is 0. The summed E-state index contributed by atoms with van der Waals surface area (Å²) in [7, 11) is 1.32. The fraction of sp³-hybridized carbons (Fsp3) is 0.308. The molecule has 0 saturated heterocycles. The maximum absolute atomic E-state index is 5.57. The number of hydrogen-bond donors (Lipinski definition) is 0. The fourth-order valence-corrected chi connectivity index (χ4v) is 6.85. The molecule has 0 spiro atoms. The summed E-state index contributed by atoms with van der Waals surface area (Å²) in [5, 5.41) is 4.38. The molecule has 1 fully saturated rings. The molecule has 0 radical (unpaired) electrons. The molecule has 0 heterocycles. The Morgan fingerprint density at radius 1 is 0.724 bits per heavy atom. The Labute approximate surface area is 193 Å². The number of benzene rings is 3. The van der Waals surface area contributed by atoms with Gasteiger partial charge in [0.15, 0.2) is 0 Å². The van der Waals surface area contributed by atoms with Crippen molar-refractivity contribution in [3.8, 4) is 0 Å². The topological polar surface area (TPSA) is 9.23 Å². The Kier molecular flexibility index (Phi) is 8.71. The van der Waals surface area contributed by atoms with Gasteiger partial charge in [-0.3, -0.25) is 0 Å². The van der Waals surface area contributed by atoms with Crippen molar-refractivity contribution < 1.29 is 4.74 Å². The second-order valence-electron chi connectivity index (χ2n) is 7.72. The third kappa shape index (κ3) is 5.69. The molecule has 0 N–H and O–H groups in total. The van der Waals surface area contributed by atoms with E-state index in [1.54, 1.807) is 0 Å². The second kappa shape index (κ2) is 11.2. The Balaban J connectivity index is 0.00000240. The van der Waals surface area contributed by atoms with E-state index in [0.29, 0.717) is 6.10 Å². The van der Waals surface area contributed by atoms with Gasteiger partial charge in [0.1, 0.15) is 0 Å². The SMILES string of the molecule is COC1CCC(Cc2ccccc2P(c2ccccc2)c2ccccc2)CC1.I. The predicted octanol–water partition coefficient (Wildman–Crippen LogP) is 5.81. The first-order chi connectivity index (χ1) is 13.8. The molecule has 152 valence electrons. The van der Waals surface area contributed by atoms with E-state index in [1.165, 1.54) is 53.6 Å². The van der Waals surface area contributed by atoms with Crippen LogP contribution in [0.25, 0.3) is 0 Å². The molecule has 1 nitrogen and oxygen atoms in total. The molecule has 3 aromatic carbocycles. The molecule has 0 amide bonds. The van der Waals surface area contributed by atoms with Gasteiger partial charge in [0.05, 0.1) is 6.10 Å². The molecule has 3 heteroatoms. The van der Waals surface area contributed by atoms with Gasteiger partial charge in [-0.15, -0.1) is 24.0 Å². The van der Waals surface area contributed by atoms with Gasteiger partial charge in [-0.2, -0.15) is 0 Å². The van der Waals surface area contributed by atoms with Gasteiger partial charge in [-0.05, 0) is 67.4 Å². The molecule has 0 bridgehead atoms. The molecule has 0 atom stereocenters. The lowest BCUT2D eigenvalue weighted by Gasteiger charge is -2.29. The standard InChI is InChI=1S/C26H29OP.HI/c1-27-23-18-16-21(17-19-23)20-22-10-8-9-15-26(22)28(24-11-4-2-5-12-24)25-13-6-3-7-14-25;/h2-15,21,23H,16-20H2,1H3;1H. The van der Waals surface area contributed by atoms with E-state index in [1.807, 2.05) is 7.11 Å². The van der Waals surface area contributed by atoms with Crippen LogP contribution in [-0.2, 0) is 11.2 Å². The van der Waals surface area contributed by atoms with Crippen molar-refractivity contribution in [3.05, 3.63) is 90.5 Å². The van der Waals surface area contributed by atoms with Crippen molar-refractivity contribution in [1.29, 1.82) is 0 Å². The number of hydrogen-bond acceptors (Lipinski definition) is 1. The summed E-state index contributed by atoms with van der Waals surface area (Å²) < 4.78 is 5.57. The Bertz CT molecular complexity index is 821. The third-order valence-corrected chi connectivity index (χ3v) is 8.44. The van der Waals surface area contributed by atoms with Gasteiger partial charge < -0.3 is 4.74 Å². The lowest BCUT2D eigenvalue weighted by Crippen LogP contribution is -2.26. The Hall–Kier alpha value is -1.22. The Morgan fingerprint density at radius 3 is 1.79 bits per heavy atom. The maximum atomic E-state index is 5.57. The summed E-state index contributed by atoms with van der Waals surface area (Å²) >= 11 is 0. The molecule has 4 rings (SSSR count). The number of rotatable bonds is 6. The summed E-state index contributed by atoms with van der Waals surface area (Å²) in [5.74, 6) is 0.774. The minimum atomic E-state index is -0.530. The van der Waals surface area contributed by atoms with Crippen molar-refractivity contribution in [1.82, 2.24) is 0 Å². The molecule has 0 unspecified atom stereocenters. The minimum Gasteiger partial charge on any atom is -0.381 e. The lowest BCUT2D eigenvalue weighted by atomic mass is 9.83. The Morgan fingerprint density at radius 2 is 1.24 bits per heavy atom. The van der Waals surface area contributed by atoms with E-state index in [9.17, 15) is 0 Å². The van der Waals surface area contributed by atoms with Crippen LogP contribution in [0.2, 0.25) is 0 Å². The molecule has 0 aliphatic heterocycles. The van der Waals surface area contributed by atoms with E-state index in [0.717, 1.165) is 5.92 Å². The van der Waals surface area contributed by atoms with E-state index in [2.05, 4.69) is 84.9 Å². The highest BCUT2D eigenvalue weighted by atomic mass is 127. The molecule has 1 aliphatic rings. The highest BCUT2D eigenvalue weighted by molar-refractivity contribution is 14.0. The van der Waals surface area contributed by atoms with Gasteiger partial charge in [0.25, 0.3) is 0 Å². The van der Waals surface area contributed by atoms with Crippen LogP contribution in [-0.4, -0.2) is 13.2 Å². The lowest BCUT2D eigenvalue weighted by molar-refractivity contribution is 0.0569. The van der Waals surface area contributed by atoms with E-state index in [-0.39, 0.29) is 24.0 Å². The smallest absolute Gasteiger partial charge is 0.0571 e. The predicted molar refractivity (Wildman–Crippen MR) is 137 cm³/mol. The van der Waals surface area contributed by atoms with Crippen molar-refractivity contribution in [2.45, 2.75) is 38.2 Å². The quantitative estimate of drug-likeness (QED) is 0.297. The van der Waals surface area contributed by atoms with E-state index >= 15 is 0 Å². The zero-order chi connectivity index (χ0) is 19.2. The number of halogens is 1. The van der Waals surface area contributed by atoms with Crippen molar-refractivity contribution >= 4 is 47.8 Å². The average Bonchev–Trinajstić information content (AvgIpc) is 2.77. The molecular weight excluding hydrogens is 486 g/mol. The van der Waals surface area contributed by atoms with Crippen LogP contribution < -0.4 is 15.9 Å². The number of methoxy groups -OCH3 is 1. The first-order valence-corrected chi connectivity index (χ1v) is 11.7. The molecule has 29 heavy (non-hydrogen) atoms. The zero-order valence-corrected chi connectivity index (χ0v) is 20.3. The second-order valence-corrected chi connectivity index (χ2v) is 9.90. The van der Waals surface area contributed by atoms with Crippen LogP contribution in [0.1, 0.15) is 31.2 Å². The highest BCUT2D eigenvalue weighted by Crippen LogP contribution is 2.36. The van der Waals surface area contributed by atoms with Crippen molar-refractivity contribution in [3.63, 3.8) is 0 Å². The van der Waals surface area contributed by atoms with Crippen LogP contribution in [0.15, 0.2) is 84.9 Å². The van der Waals surface area contributed by atoms with Gasteiger partial charge in [0.2, 0.25) is 0 Å². The number of ether oxygens (including phenoxy) is 1. The van der Waals surface area contributed by atoms with Crippen molar-refractivity contribution in [2.75, 3.05) is 7.11 Å². The normalized spacial score (nSPS) is 19.0. The largest absolute Gasteiger partial charge is 0.381 e. The summed E-state index contributed by atoms with van der Waals surface area (Å²) in [6.07, 6.45) is 6.62. The molecule has 0 aromatic heterocycles. The summed E-state index contributed by atoms with van der Waals surface area (Å²) in [6, 6.07) is 31.2. The van der Waals surface area contributed by atoms with Crippen molar-refractivity contribution in [2.24, 2.45) is 5.92 Å². The molecular formula is C26H30IOP. The molecule has 1 aliphatic carbocycles. The van der Waals surface area contributed by atoms with Crippen LogP contribution >= 0.6 is 31.9 Å². The van der Waals surface area contributed by atoms with E-state index in [4.69, 9.17) is 4.74 Å². The van der Waals surface area contributed by atoms with Crippen LogP contribution in [0, 0.1) is 5.92 Å². The minimum absolute atomic E-state index is 0. The van der Waals surface area contributed by atoms with Crippen LogP contribution in [0.4, 0.5) is 0 Å². The monoisotopic (exact) mass is 516 g/mol. The van der Waals surface area contributed by atoms with E-state index < -0.39 is 7.92 Å². The fourth-order valence-electron chi connectivity index (χ4n) is 4.37. The third-order valence-electron chi connectivity index (χ3n) is 5.90. The average molecular weight is 516 g/mol. The molecule has 3 aromatic rings. The maximum Gasteiger partial charge on any atom is 0.0571 e. The summed E-state index contributed by atoms with van der Waals surface area (Å²) in [5.41, 5.74) is 1.53. The van der Waals surface area contributed by atoms with Gasteiger partial charge in [-0.1, -0.05) is 84.9 Å².